The first-order valence-electron chi connectivity index (χ1n) is 7.55. The van der Waals surface area contributed by atoms with E-state index in [0.29, 0.717) is 17.6 Å². The van der Waals surface area contributed by atoms with E-state index in [4.69, 9.17) is 11.6 Å². The molecule has 1 fully saturated rings. The minimum Gasteiger partial charge on any atom is -0.371 e. The average Bonchev–Trinajstić information content (AvgIpc) is 3.01. The largest absolute Gasteiger partial charge is 0.371 e. The molecule has 3 unspecified atom stereocenters. The van der Waals surface area contributed by atoms with Gasteiger partial charge in [0.05, 0.1) is 17.6 Å². The second-order valence-corrected chi connectivity index (χ2v) is 7.35. The van der Waals surface area contributed by atoms with Crippen LogP contribution in [0.25, 0.3) is 0 Å². The Morgan fingerprint density at radius 3 is 3.05 bits per heavy atom. The molecule has 0 bridgehead atoms. The molecule has 0 aromatic carbocycles. The number of β-amino-alcohol motifs (C(OH)–C–C–N with tert-alkyl or cyclic N) is 1. The Hall–Kier alpha value is -1.11. The van der Waals surface area contributed by atoms with Gasteiger partial charge in [0, 0.05) is 11.4 Å². The summed E-state index contributed by atoms with van der Waals surface area (Å²) in [6, 6.07) is -0.225. The van der Waals surface area contributed by atoms with Crippen LogP contribution in [0, 0.1) is 5.92 Å². The molecule has 1 saturated heterocycles. The van der Waals surface area contributed by atoms with Gasteiger partial charge in [0.25, 0.3) is 0 Å². The van der Waals surface area contributed by atoms with Crippen molar-refractivity contribution in [2.45, 2.75) is 37.8 Å². The lowest BCUT2D eigenvalue weighted by atomic mass is 9.89. The summed E-state index contributed by atoms with van der Waals surface area (Å²) >= 11 is 7.90. The second kappa shape index (κ2) is 6.18. The van der Waals surface area contributed by atoms with Crippen LogP contribution in [0.3, 0.4) is 0 Å². The van der Waals surface area contributed by atoms with Gasteiger partial charge in [-0.1, -0.05) is 30.8 Å². The molecule has 0 spiro atoms. The van der Waals surface area contributed by atoms with Crippen LogP contribution >= 0.6 is 22.9 Å². The van der Waals surface area contributed by atoms with Crippen LogP contribution in [0.2, 0.25) is 0 Å². The number of carbonyl (C=O) groups is 1. The molecule has 5 nitrogen and oxygen atoms in total. The van der Waals surface area contributed by atoms with Crippen LogP contribution in [-0.4, -0.2) is 40.3 Å². The number of carbonyl (C=O) groups excluding carboxylic acids is 1. The van der Waals surface area contributed by atoms with Crippen molar-refractivity contribution in [2.24, 2.45) is 5.92 Å². The van der Waals surface area contributed by atoms with Crippen molar-refractivity contribution in [3.8, 4) is 0 Å². The molecule has 0 radical (unpaired) electrons. The van der Waals surface area contributed by atoms with Gasteiger partial charge in [-0.05, 0) is 18.8 Å². The SMILES string of the molecule is C=CCN1CC(O)N(c2nc3c(s2)C(Cl)CC(CC)C3)C1=O. The number of thiazole rings is 1. The number of amides is 2. The van der Waals surface area contributed by atoms with Gasteiger partial charge in [0.2, 0.25) is 0 Å². The first-order chi connectivity index (χ1) is 10.5. The van der Waals surface area contributed by atoms with E-state index in [9.17, 15) is 9.90 Å². The van der Waals surface area contributed by atoms with Crippen molar-refractivity contribution in [1.29, 1.82) is 0 Å². The summed E-state index contributed by atoms with van der Waals surface area (Å²) in [5.74, 6) is 0.543. The number of anilines is 1. The molecular formula is C15H20ClN3O2S. The fourth-order valence-corrected chi connectivity index (χ4v) is 4.70. The molecule has 0 saturated carbocycles. The van der Waals surface area contributed by atoms with Crippen LogP contribution in [-0.2, 0) is 6.42 Å². The van der Waals surface area contributed by atoms with E-state index in [1.165, 1.54) is 16.2 Å². The maximum absolute atomic E-state index is 12.4. The van der Waals surface area contributed by atoms with Crippen LogP contribution in [0.5, 0.6) is 0 Å². The van der Waals surface area contributed by atoms with Gasteiger partial charge >= 0.3 is 6.03 Å². The maximum Gasteiger partial charge on any atom is 0.328 e. The molecular weight excluding hydrogens is 322 g/mol. The Labute approximate surface area is 139 Å². The number of alkyl halides is 1. The molecule has 1 aromatic rings. The summed E-state index contributed by atoms with van der Waals surface area (Å²) < 4.78 is 0. The third kappa shape index (κ3) is 2.64. The summed E-state index contributed by atoms with van der Waals surface area (Å²) in [6.07, 6.45) is 3.72. The predicted octanol–water partition coefficient (Wildman–Crippen LogP) is 3.14. The summed E-state index contributed by atoms with van der Waals surface area (Å²) in [5, 5.41) is 10.7. The highest BCUT2D eigenvalue weighted by atomic mass is 35.5. The van der Waals surface area contributed by atoms with Crippen molar-refractivity contribution in [3.63, 3.8) is 0 Å². The predicted molar refractivity (Wildman–Crippen MR) is 88.5 cm³/mol. The van der Waals surface area contributed by atoms with Crippen LogP contribution < -0.4 is 4.90 Å². The number of halogens is 1. The quantitative estimate of drug-likeness (QED) is 0.676. The molecule has 22 heavy (non-hydrogen) atoms. The van der Waals surface area contributed by atoms with Crippen LogP contribution in [0.4, 0.5) is 9.93 Å². The smallest absolute Gasteiger partial charge is 0.328 e. The van der Waals surface area contributed by atoms with Crippen molar-refractivity contribution in [3.05, 3.63) is 23.2 Å². The minimum atomic E-state index is -0.865. The number of aliphatic hydroxyl groups is 1. The van der Waals surface area contributed by atoms with Crippen molar-refractivity contribution in [2.75, 3.05) is 18.0 Å². The molecule has 2 heterocycles. The van der Waals surface area contributed by atoms with E-state index >= 15 is 0 Å². The van der Waals surface area contributed by atoms with Gasteiger partial charge in [-0.2, -0.15) is 0 Å². The van der Waals surface area contributed by atoms with Crippen LogP contribution in [0.15, 0.2) is 12.7 Å². The Kier molecular flexibility index (Phi) is 4.43. The normalized spacial score (nSPS) is 28.1. The number of urea groups is 1. The zero-order valence-corrected chi connectivity index (χ0v) is 14.1. The fourth-order valence-electron chi connectivity index (χ4n) is 3.07. The van der Waals surface area contributed by atoms with E-state index in [0.717, 1.165) is 29.8 Å². The van der Waals surface area contributed by atoms with E-state index in [1.54, 1.807) is 11.0 Å². The Morgan fingerprint density at radius 1 is 1.59 bits per heavy atom. The Bertz CT molecular complexity index is 591. The van der Waals surface area contributed by atoms with Crippen molar-refractivity contribution in [1.82, 2.24) is 9.88 Å². The molecule has 2 aliphatic rings. The van der Waals surface area contributed by atoms with Gasteiger partial charge in [-0.25, -0.2) is 14.7 Å². The number of fused-ring (bicyclic) bond motifs is 1. The number of hydrogen-bond donors (Lipinski definition) is 1. The standard InChI is InChI=1S/C15H20ClN3O2S/c1-3-5-18-8-12(20)19(15(18)21)14-17-11-7-9(4-2)6-10(16)13(11)22-14/h3,9-10,12,20H,1,4-8H2,2H3. The second-order valence-electron chi connectivity index (χ2n) is 5.82. The zero-order chi connectivity index (χ0) is 15.9. The number of rotatable bonds is 4. The summed E-state index contributed by atoms with van der Waals surface area (Å²) in [6.45, 7) is 6.50. The fraction of sp³-hybridized carbons (Fsp3) is 0.600. The number of nitrogens with zero attached hydrogens (tertiary/aromatic N) is 3. The number of aromatic nitrogens is 1. The third-order valence-corrected chi connectivity index (χ3v) is 6.05. The Balaban J connectivity index is 1.87. The molecule has 3 atom stereocenters. The molecule has 1 N–H and O–H groups in total. The molecule has 1 aliphatic carbocycles. The highest BCUT2D eigenvalue weighted by molar-refractivity contribution is 7.16. The Morgan fingerprint density at radius 2 is 2.36 bits per heavy atom. The average molecular weight is 342 g/mol. The maximum atomic E-state index is 12.4. The van der Waals surface area contributed by atoms with E-state index in [2.05, 4.69) is 18.5 Å². The number of aliphatic hydroxyl groups excluding tert-OH is 1. The highest BCUT2D eigenvalue weighted by Crippen LogP contribution is 2.44. The third-order valence-electron chi connectivity index (χ3n) is 4.31. The van der Waals surface area contributed by atoms with E-state index in [-0.39, 0.29) is 18.0 Å². The first-order valence-corrected chi connectivity index (χ1v) is 8.81. The topological polar surface area (TPSA) is 56.7 Å². The molecule has 7 heteroatoms. The summed E-state index contributed by atoms with van der Waals surface area (Å²) in [5.41, 5.74) is 0.986. The van der Waals surface area contributed by atoms with Crippen molar-refractivity contribution < 1.29 is 9.90 Å². The van der Waals surface area contributed by atoms with Gasteiger partial charge < -0.3 is 10.0 Å². The summed E-state index contributed by atoms with van der Waals surface area (Å²) in [7, 11) is 0. The highest BCUT2D eigenvalue weighted by Gasteiger charge is 2.39. The summed E-state index contributed by atoms with van der Waals surface area (Å²) in [4.78, 5) is 21.0. The van der Waals surface area contributed by atoms with Gasteiger partial charge in [-0.15, -0.1) is 18.2 Å². The van der Waals surface area contributed by atoms with Gasteiger partial charge in [0.1, 0.15) is 0 Å². The van der Waals surface area contributed by atoms with E-state index in [1.807, 2.05) is 0 Å². The molecule has 3 rings (SSSR count). The zero-order valence-electron chi connectivity index (χ0n) is 12.5. The van der Waals surface area contributed by atoms with Gasteiger partial charge in [-0.3, -0.25) is 0 Å². The molecule has 2 amide bonds. The molecule has 120 valence electrons. The first kappa shape index (κ1) is 15.8. The lowest BCUT2D eigenvalue weighted by Gasteiger charge is -2.23. The monoisotopic (exact) mass is 341 g/mol. The molecule has 1 aromatic heterocycles. The molecule has 1 aliphatic heterocycles. The van der Waals surface area contributed by atoms with Crippen LogP contribution in [0.1, 0.15) is 35.7 Å². The lowest BCUT2D eigenvalue weighted by molar-refractivity contribution is 0.180. The van der Waals surface area contributed by atoms with E-state index < -0.39 is 6.23 Å². The lowest BCUT2D eigenvalue weighted by Crippen LogP contribution is -2.34. The van der Waals surface area contributed by atoms with Gasteiger partial charge in [0.15, 0.2) is 11.4 Å². The number of hydrogen-bond acceptors (Lipinski definition) is 4. The van der Waals surface area contributed by atoms with Crippen molar-refractivity contribution >= 4 is 34.1 Å². The minimum absolute atomic E-state index is 0.0425.